The van der Waals surface area contributed by atoms with E-state index < -0.39 is 24.5 Å². The molecule has 10 nitrogen and oxygen atoms in total. The first-order chi connectivity index (χ1) is 18.6. The van der Waals surface area contributed by atoms with Crippen molar-refractivity contribution in [3.63, 3.8) is 0 Å². The summed E-state index contributed by atoms with van der Waals surface area (Å²) in [6.45, 7) is -0.474. The zero-order chi connectivity index (χ0) is 28.1. The standard InChI is InChI=1S/C29H28N4O6/c1-32(2)16-24(34)33(3)21-12-10-20(11-13-21)30-27(18-7-5-4-6-8-18)26-22-14-9-19(15-23(22)31-28(26)37)29(38)39-17-25(35)36/h4-15,26H,16-17H2,1-3H3,(H,31,37)(H,35,36). The van der Waals surface area contributed by atoms with Gasteiger partial charge in [0.1, 0.15) is 5.92 Å². The van der Waals surface area contributed by atoms with Crippen molar-refractivity contribution < 1.29 is 29.0 Å². The van der Waals surface area contributed by atoms with Crippen LogP contribution in [0.25, 0.3) is 0 Å². The minimum atomic E-state index is -1.26. The van der Waals surface area contributed by atoms with Crippen LogP contribution in [0, 0.1) is 0 Å². The first-order valence-corrected chi connectivity index (χ1v) is 12.1. The number of aliphatic carboxylic acids is 1. The highest BCUT2D eigenvalue weighted by Crippen LogP contribution is 2.37. The molecule has 0 saturated heterocycles. The van der Waals surface area contributed by atoms with Crippen molar-refractivity contribution in [3.05, 3.63) is 89.5 Å². The van der Waals surface area contributed by atoms with Crippen molar-refractivity contribution in [2.75, 3.05) is 44.5 Å². The monoisotopic (exact) mass is 528 g/mol. The lowest BCUT2D eigenvalue weighted by Gasteiger charge is -2.20. The van der Waals surface area contributed by atoms with E-state index in [-0.39, 0.29) is 23.9 Å². The molecule has 0 bridgehead atoms. The molecule has 1 unspecified atom stereocenters. The summed E-state index contributed by atoms with van der Waals surface area (Å²) < 4.78 is 4.76. The maximum absolute atomic E-state index is 13.2. The molecule has 10 heteroatoms. The molecule has 3 aromatic rings. The van der Waals surface area contributed by atoms with Gasteiger partial charge in [-0.05, 0) is 61.6 Å². The summed E-state index contributed by atoms with van der Waals surface area (Å²) in [6.07, 6.45) is 0. The Hall–Kier alpha value is -4.83. The number of carbonyl (C=O) groups is 4. The molecule has 1 heterocycles. The molecule has 0 saturated carbocycles. The van der Waals surface area contributed by atoms with Crippen LogP contribution >= 0.6 is 0 Å². The van der Waals surface area contributed by atoms with Crippen LogP contribution in [0.4, 0.5) is 17.1 Å². The number of anilines is 2. The number of likely N-dealkylation sites (N-methyl/N-ethyl adjacent to an activating group) is 2. The zero-order valence-electron chi connectivity index (χ0n) is 21.7. The van der Waals surface area contributed by atoms with Crippen LogP contribution in [0.1, 0.15) is 27.4 Å². The van der Waals surface area contributed by atoms with E-state index in [1.807, 2.05) is 44.4 Å². The van der Waals surface area contributed by atoms with Gasteiger partial charge in [-0.1, -0.05) is 36.4 Å². The molecule has 0 radical (unpaired) electrons. The van der Waals surface area contributed by atoms with Gasteiger partial charge in [-0.25, -0.2) is 9.59 Å². The van der Waals surface area contributed by atoms with Gasteiger partial charge in [0, 0.05) is 18.4 Å². The van der Waals surface area contributed by atoms with Gasteiger partial charge in [-0.2, -0.15) is 0 Å². The van der Waals surface area contributed by atoms with Gasteiger partial charge in [-0.15, -0.1) is 0 Å². The molecule has 0 spiro atoms. The number of benzene rings is 3. The quantitative estimate of drug-likeness (QED) is 0.322. The largest absolute Gasteiger partial charge is 0.479 e. The highest BCUT2D eigenvalue weighted by atomic mass is 16.5. The third-order valence-electron chi connectivity index (χ3n) is 6.10. The van der Waals surface area contributed by atoms with Crippen LogP contribution in [0.3, 0.4) is 0 Å². The van der Waals surface area contributed by atoms with Crippen molar-refractivity contribution in [2.45, 2.75) is 5.92 Å². The average Bonchev–Trinajstić information content (AvgIpc) is 3.25. The molecule has 0 aromatic heterocycles. The third kappa shape index (κ3) is 6.36. The van der Waals surface area contributed by atoms with Crippen LogP contribution in [0.2, 0.25) is 0 Å². The number of fused-ring (bicyclic) bond motifs is 1. The van der Waals surface area contributed by atoms with Crippen LogP contribution in [-0.2, 0) is 19.1 Å². The maximum Gasteiger partial charge on any atom is 0.341 e. The first kappa shape index (κ1) is 27.2. The number of nitrogens with one attached hydrogen (secondary N) is 1. The van der Waals surface area contributed by atoms with Gasteiger partial charge in [0.2, 0.25) is 11.8 Å². The third-order valence-corrected chi connectivity index (χ3v) is 6.10. The Bertz CT molecular complexity index is 1430. The predicted octanol–water partition coefficient (Wildman–Crippen LogP) is 3.31. The average molecular weight is 529 g/mol. The Morgan fingerprint density at radius 2 is 1.64 bits per heavy atom. The Kier molecular flexibility index (Phi) is 8.16. The van der Waals surface area contributed by atoms with Gasteiger partial charge in [0.15, 0.2) is 6.61 Å². The number of nitrogens with zero attached hydrogens (tertiary/aromatic N) is 3. The summed E-state index contributed by atoms with van der Waals surface area (Å²) in [6, 6.07) is 21.1. The molecule has 3 aromatic carbocycles. The van der Waals surface area contributed by atoms with Crippen molar-refractivity contribution >= 4 is 46.5 Å². The van der Waals surface area contributed by atoms with Gasteiger partial charge >= 0.3 is 11.9 Å². The molecule has 1 aliphatic rings. The molecule has 0 fully saturated rings. The van der Waals surface area contributed by atoms with E-state index in [2.05, 4.69) is 5.32 Å². The van der Waals surface area contributed by atoms with Crippen LogP contribution in [-0.4, -0.2) is 73.8 Å². The minimum absolute atomic E-state index is 0.0494. The van der Waals surface area contributed by atoms with Crippen molar-refractivity contribution in [1.29, 1.82) is 0 Å². The molecule has 200 valence electrons. The number of carbonyl (C=O) groups excluding carboxylic acids is 3. The number of aliphatic imine (C=N–C) groups is 1. The summed E-state index contributed by atoms with van der Waals surface area (Å²) in [7, 11) is 5.38. The van der Waals surface area contributed by atoms with E-state index in [1.165, 1.54) is 12.1 Å². The summed E-state index contributed by atoms with van der Waals surface area (Å²) in [5.41, 5.74) is 3.75. The molecule has 1 atom stereocenters. The number of esters is 1. The first-order valence-electron chi connectivity index (χ1n) is 12.1. The summed E-state index contributed by atoms with van der Waals surface area (Å²) >= 11 is 0. The number of carboxylic acid groups (broad SMARTS) is 1. The highest BCUT2D eigenvalue weighted by Gasteiger charge is 2.36. The minimum Gasteiger partial charge on any atom is -0.479 e. The lowest BCUT2D eigenvalue weighted by molar-refractivity contribution is -0.140. The summed E-state index contributed by atoms with van der Waals surface area (Å²) in [4.78, 5) is 56.8. The molecule has 4 rings (SSSR count). The topological polar surface area (TPSA) is 129 Å². The van der Waals surface area contributed by atoms with E-state index in [1.54, 1.807) is 47.2 Å². The van der Waals surface area contributed by atoms with Crippen molar-refractivity contribution in [3.8, 4) is 0 Å². The normalized spacial score (nSPS) is 14.5. The molecule has 1 aliphatic heterocycles. The molecular formula is C29H28N4O6. The Labute approximate surface area is 225 Å². The van der Waals surface area contributed by atoms with E-state index >= 15 is 0 Å². The molecule has 2 amide bonds. The van der Waals surface area contributed by atoms with Crippen molar-refractivity contribution in [1.82, 2.24) is 4.90 Å². The van der Waals surface area contributed by atoms with E-state index in [0.717, 1.165) is 5.56 Å². The number of hydrogen-bond acceptors (Lipinski definition) is 7. The smallest absolute Gasteiger partial charge is 0.341 e. The van der Waals surface area contributed by atoms with E-state index in [9.17, 15) is 19.2 Å². The predicted molar refractivity (Wildman–Crippen MR) is 147 cm³/mol. The fourth-order valence-corrected chi connectivity index (χ4v) is 4.19. The molecular weight excluding hydrogens is 500 g/mol. The van der Waals surface area contributed by atoms with Crippen LogP contribution in [0.5, 0.6) is 0 Å². The lowest BCUT2D eigenvalue weighted by atomic mass is 9.90. The van der Waals surface area contributed by atoms with Gasteiger partial charge < -0.3 is 25.0 Å². The number of hydrogen-bond donors (Lipinski definition) is 2. The fraction of sp³-hybridized carbons (Fsp3) is 0.207. The Balaban J connectivity index is 1.67. The summed E-state index contributed by atoms with van der Waals surface area (Å²) in [5, 5.41) is 11.6. The van der Waals surface area contributed by atoms with Crippen LogP contribution in [0.15, 0.2) is 77.8 Å². The second kappa shape index (κ2) is 11.7. The Morgan fingerprint density at radius 1 is 0.949 bits per heavy atom. The van der Waals surface area contributed by atoms with Gasteiger partial charge in [-0.3, -0.25) is 14.6 Å². The fourth-order valence-electron chi connectivity index (χ4n) is 4.19. The van der Waals surface area contributed by atoms with E-state index in [0.29, 0.717) is 28.3 Å². The zero-order valence-corrected chi connectivity index (χ0v) is 21.7. The number of amides is 2. The highest BCUT2D eigenvalue weighted by molar-refractivity contribution is 6.24. The number of carboxylic acids is 1. The van der Waals surface area contributed by atoms with E-state index in [4.69, 9.17) is 14.8 Å². The van der Waals surface area contributed by atoms with Gasteiger partial charge in [0.05, 0.1) is 23.5 Å². The number of ether oxygens (including phenoxy) is 1. The maximum atomic E-state index is 13.2. The lowest BCUT2D eigenvalue weighted by Crippen LogP contribution is -2.34. The Morgan fingerprint density at radius 3 is 2.28 bits per heavy atom. The van der Waals surface area contributed by atoms with Crippen LogP contribution < -0.4 is 10.2 Å². The molecule has 0 aliphatic carbocycles. The second-order valence-corrected chi connectivity index (χ2v) is 9.26. The SMILES string of the molecule is CN(C)CC(=O)N(C)c1ccc(N=C(c2ccccc2)C2C(=O)Nc3cc(C(=O)OCC(=O)O)ccc32)cc1. The van der Waals surface area contributed by atoms with Gasteiger partial charge in [0.25, 0.3) is 0 Å². The number of rotatable bonds is 9. The molecule has 2 N–H and O–H groups in total. The summed E-state index contributed by atoms with van der Waals surface area (Å²) in [5.74, 6) is -3.18. The molecule has 39 heavy (non-hydrogen) atoms. The second-order valence-electron chi connectivity index (χ2n) is 9.26. The van der Waals surface area contributed by atoms with Crippen molar-refractivity contribution in [2.24, 2.45) is 4.99 Å².